The molecule has 0 radical (unpaired) electrons. The van der Waals surface area contributed by atoms with Gasteiger partial charge in [-0.25, -0.2) is 9.10 Å². The number of urea groups is 1. The lowest BCUT2D eigenvalue weighted by atomic mass is 10.1. The highest BCUT2D eigenvalue weighted by atomic mass is 32.1. The van der Waals surface area contributed by atoms with Crippen LogP contribution in [0, 0.1) is 20.8 Å². The molecular weight excluding hydrogens is 220 g/mol. The summed E-state index contributed by atoms with van der Waals surface area (Å²) < 4.78 is 1.35. The molecule has 88 valence electrons. The second kappa shape index (κ2) is 5.25. The summed E-state index contributed by atoms with van der Waals surface area (Å²) in [5, 5.41) is 2.72. The molecule has 16 heavy (non-hydrogen) atoms. The molecule has 0 bridgehead atoms. The number of amides is 2. The predicted octanol–water partition coefficient (Wildman–Crippen LogP) is 2.99. The third-order valence-corrected chi connectivity index (χ3v) is 2.96. The topological polar surface area (TPSA) is 32.3 Å². The van der Waals surface area contributed by atoms with Gasteiger partial charge in [0, 0.05) is 6.54 Å². The molecule has 0 aliphatic rings. The van der Waals surface area contributed by atoms with Crippen molar-refractivity contribution in [2.45, 2.75) is 27.7 Å². The van der Waals surface area contributed by atoms with Crippen molar-refractivity contribution in [1.29, 1.82) is 0 Å². The minimum atomic E-state index is -0.197. The van der Waals surface area contributed by atoms with Gasteiger partial charge in [0.25, 0.3) is 0 Å². The van der Waals surface area contributed by atoms with E-state index < -0.39 is 0 Å². The number of thiol groups is 1. The van der Waals surface area contributed by atoms with Crippen LogP contribution in [0.1, 0.15) is 23.6 Å². The molecule has 0 saturated carbocycles. The van der Waals surface area contributed by atoms with Gasteiger partial charge in [-0.3, -0.25) is 0 Å². The normalized spacial score (nSPS) is 10.1. The lowest BCUT2D eigenvalue weighted by molar-refractivity contribution is 0.250. The fourth-order valence-corrected chi connectivity index (χ4v) is 1.80. The van der Waals surface area contributed by atoms with Crippen LogP contribution in [0.5, 0.6) is 0 Å². The zero-order valence-electron chi connectivity index (χ0n) is 10.2. The molecule has 1 aromatic carbocycles. The number of rotatable bonds is 2. The van der Waals surface area contributed by atoms with E-state index in [-0.39, 0.29) is 6.03 Å². The predicted molar refractivity (Wildman–Crippen MR) is 71.2 cm³/mol. The van der Waals surface area contributed by atoms with Crippen LogP contribution in [-0.2, 0) is 0 Å². The summed E-state index contributed by atoms with van der Waals surface area (Å²) in [7, 11) is 0. The molecule has 0 aliphatic heterocycles. The summed E-state index contributed by atoms with van der Waals surface area (Å²) in [6, 6.07) is 3.84. The smallest absolute Gasteiger partial charge is 0.331 e. The number of nitrogens with one attached hydrogen (secondary N) is 1. The van der Waals surface area contributed by atoms with Crippen LogP contribution in [0.2, 0.25) is 0 Å². The van der Waals surface area contributed by atoms with Gasteiger partial charge in [-0.1, -0.05) is 18.9 Å². The van der Waals surface area contributed by atoms with Gasteiger partial charge in [0.1, 0.15) is 0 Å². The van der Waals surface area contributed by atoms with Crippen molar-refractivity contribution in [3.63, 3.8) is 0 Å². The molecule has 0 aromatic heterocycles. The third-order valence-electron chi connectivity index (χ3n) is 2.56. The van der Waals surface area contributed by atoms with E-state index in [0.717, 1.165) is 16.8 Å². The Hall–Kier alpha value is -1.16. The highest BCUT2D eigenvalue weighted by molar-refractivity contribution is 7.82. The molecule has 1 rings (SSSR count). The summed E-state index contributed by atoms with van der Waals surface area (Å²) in [5.74, 6) is 0. The highest BCUT2D eigenvalue weighted by Gasteiger charge is 2.13. The van der Waals surface area contributed by atoms with Gasteiger partial charge in [-0.15, -0.1) is 0 Å². The van der Waals surface area contributed by atoms with E-state index in [1.54, 1.807) is 0 Å². The SMILES string of the molecule is CCNC(=O)N(S)c1cc(C)c(C)cc1C. The van der Waals surface area contributed by atoms with E-state index in [1.165, 1.54) is 9.87 Å². The standard InChI is InChI=1S/C12H18N2OS/c1-5-13-12(15)14(16)11-7-9(3)8(2)6-10(11)4/h6-7,16H,5H2,1-4H3,(H,13,15). The summed E-state index contributed by atoms with van der Waals surface area (Å²) in [4.78, 5) is 11.6. The van der Waals surface area contributed by atoms with Crippen LogP contribution in [0.3, 0.4) is 0 Å². The van der Waals surface area contributed by atoms with E-state index >= 15 is 0 Å². The van der Waals surface area contributed by atoms with Gasteiger partial charge in [0.05, 0.1) is 5.69 Å². The number of hydrogen-bond acceptors (Lipinski definition) is 2. The fraction of sp³-hybridized carbons (Fsp3) is 0.417. The second-order valence-electron chi connectivity index (χ2n) is 3.87. The Morgan fingerprint density at radius 1 is 1.25 bits per heavy atom. The minimum absolute atomic E-state index is 0.197. The average molecular weight is 238 g/mol. The zero-order valence-corrected chi connectivity index (χ0v) is 11.1. The van der Waals surface area contributed by atoms with E-state index in [1.807, 2.05) is 26.8 Å². The Labute approximate surface area is 102 Å². The molecule has 0 heterocycles. The molecule has 0 atom stereocenters. The molecule has 1 aromatic rings. The van der Waals surface area contributed by atoms with Gasteiger partial charge in [0.2, 0.25) is 0 Å². The molecule has 4 heteroatoms. The summed E-state index contributed by atoms with van der Waals surface area (Å²) in [6.45, 7) is 8.54. The lowest BCUT2D eigenvalue weighted by Gasteiger charge is -2.19. The monoisotopic (exact) mass is 238 g/mol. The maximum Gasteiger partial charge on any atom is 0.331 e. The van der Waals surface area contributed by atoms with Crippen LogP contribution >= 0.6 is 12.8 Å². The summed E-state index contributed by atoms with van der Waals surface area (Å²) in [5.41, 5.74) is 4.25. The zero-order chi connectivity index (χ0) is 12.3. The molecule has 0 spiro atoms. The molecule has 0 aliphatic carbocycles. The number of aryl methyl sites for hydroxylation is 3. The molecule has 0 saturated heterocycles. The number of benzene rings is 1. The fourth-order valence-electron chi connectivity index (χ4n) is 1.51. The summed E-state index contributed by atoms with van der Waals surface area (Å²) in [6.07, 6.45) is 0. The Bertz CT molecular complexity index is 404. The molecule has 2 amide bonds. The second-order valence-corrected chi connectivity index (χ2v) is 4.27. The van der Waals surface area contributed by atoms with Crippen molar-refractivity contribution in [2.75, 3.05) is 10.8 Å². The minimum Gasteiger partial charge on any atom is -0.337 e. The number of nitrogens with zero attached hydrogens (tertiary/aromatic N) is 1. The first-order chi connectivity index (χ1) is 7.47. The van der Waals surface area contributed by atoms with Crippen LogP contribution < -0.4 is 9.62 Å². The lowest BCUT2D eigenvalue weighted by Crippen LogP contribution is -2.34. The van der Waals surface area contributed by atoms with E-state index in [2.05, 4.69) is 31.1 Å². The van der Waals surface area contributed by atoms with Crippen LogP contribution in [0.4, 0.5) is 10.5 Å². The first-order valence-electron chi connectivity index (χ1n) is 5.32. The molecule has 3 nitrogen and oxygen atoms in total. The van der Waals surface area contributed by atoms with Gasteiger partial charge >= 0.3 is 6.03 Å². The first-order valence-corrected chi connectivity index (χ1v) is 5.72. The van der Waals surface area contributed by atoms with Crippen LogP contribution in [-0.4, -0.2) is 12.6 Å². The van der Waals surface area contributed by atoms with Gasteiger partial charge < -0.3 is 5.32 Å². The number of anilines is 1. The van der Waals surface area contributed by atoms with Gasteiger partial charge in [-0.2, -0.15) is 0 Å². The first kappa shape index (κ1) is 12.9. The van der Waals surface area contributed by atoms with Crippen molar-refractivity contribution in [3.8, 4) is 0 Å². The summed E-state index contributed by atoms with van der Waals surface area (Å²) >= 11 is 4.22. The van der Waals surface area contributed by atoms with E-state index in [0.29, 0.717) is 6.54 Å². The Kier molecular flexibility index (Phi) is 4.24. The maximum absolute atomic E-state index is 11.6. The molecule has 0 fully saturated rings. The Morgan fingerprint density at radius 3 is 2.38 bits per heavy atom. The van der Waals surface area contributed by atoms with Crippen molar-refractivity contribution in [2.24, 2.45) is 0 Å². The molecule has 1 N–H and O–H groups in total. The number of carbonyl (C=O) groups is 1. The van der Waals surface area contributed by atoms with E-state index in [9.17, 15) is 4.79 Å². The Morgan fingerprint density at radius 2 is 1.81 bits per heavy atom. The molecular formula is C12H18N2OS. The van der Waals surface area contributed by atoms with Crippen LogP contribution in [0.25, 0.3) is 0 Å². The average Bonchev–Trinajstić information content (AvgIpc) is 2.23. The largest absolute Gasteiger partial charge is 0.337 e. The van der Waals surface area contributed by atoms with E-state index in [4.69, 9.17) is 0 Å². The van der Waals surface area contributed by atoms with Crippen molar-refractivity contribution in [1.82, 2.24) is 5.32 Å². The van der Waals surface area contributed by atoms with Gasteiger partial charge in [-0.05, 0) is 50.5 Å². The van der Waals surface area contributed by atoms with Crippen molar-refractivity contribution >= 4 is 24.5 Å². The Balaban J connectivity index is 3.04. The van der Waals surface area contributed by atoms with Crippen LogP contribution in [0.15, 0.2) is 12.1 Å². The number of hydrogen-bond donors (Lipinski definition) is 2. The quantitative estimate of drug-likeness (QED) is 0.763. The van der Waals surface area contributed by atoms with Gasteiger partial charge in [0.15, 0.2) is 0 Å². The number of carbonyl (C=O) groups excluding carboxylic acids is 1. The van der Waals surface area contributed by atoms with Crippen molar-refractivity contribution < 1.29 is 4.79 Å². The highest BCUT2D eigenvalue weighted by Crippen LogP contribution is 2.25. The van der Waals surface area contributed by atoms with Crippen molar-refractivity contribution in [3.05, 3.63) is 28.8 Å². The third kappa shape index (κ3) is 2.70. The molecule has 0 unspecified atom stereocenters. The maximum atomic E-state index is 11.6.